The van der Waals surface area contributed by atoms with E-state index in [9.17, 15) is 13.2 Å². The fourth-order valence-electron chi connectivity index (χ4n) is 4.07. The van der Waals surface area contributed by atoms with Crippen molar-refractivity contribution in [1.82, 2.24) is 19.4 Å². The second-order valence-corrected chi connectivity index (χ2v) is 11.3. The first-order valence-corrected chi connectivity index (χ1v) is 12.9. The van der Waals surface area contributed by atoms with E-state index >= 15 is 0 Å². The predicted octanol–water partition coefficient (Wildman–Crippen LogP) is 3.07. The van der Waals surface area contributed by atoms with Crippen LogP contribution in [0.1, 0.15) is 12.0 Å². The van der Waals surface area contributed by atoms with E-state index in [4.69, 9.17) is 23.8 Å². The van der Waals surface area contributed by atoms with Crippen LogP contribution < -0.4 is 5.32 Å². The van der Waals surface area contributed by atoms with Crippen LogP contribution >= 0.6 is 23.8 Å². The van der Waals surface area contributed by atoms with Crippen LogP contribution in [0, 0.1) is 4.77 Å². The summed E-state index contributed by atoms with van der Waals surface area (Å²) < 4.78 is 27.9. The zero-order valence-electron chi connectivity index (χ0n) is 17.7. The van der Waals surface area contributed by atoms with Gasteiger partial charge in [0.05, 0.1) is 42.3 Å². The molecule has 1 atom stereocenters. The summed E-state index contributed by atoms with van der Waals surface area (Å²) in [6.45, 7) is 1.16. The summed E-state index contributed by atoms with van der Waals surface area (Å²) in [5, 5.41) is 3.44. The number of fused-ring (bicyclic) bond motifs is 1. The molecule has 0 bridgehead atoms. The molecule has 1 aromatic heterocycles. The fraction of sp³-hybridized carbons (Fsp3) is 0.364. The largest absolute Gasteiger partial charge is 0.351 e. The molecule has 2 aromatic carbocycles. The summed E-state index contributed by atoms with van der Waals surface area (Å²) in [6, 6.07) is 15.5. The van der Waals surface area contributed by atoms with Crippen LogP contribution in [0.25, 0.3) is 11.0 Å². The van der Waals surface area contributed by atoms with Gasteiger partial charge in [0.2, 0.25) is 5.91 Å². The number of aromatic nitrogens is 2. The molecule has 10 heteroatoms. The molecule has 4 rings (SSSR count). The van der Waals surface area contributed by atoms with Gasteiger partial charge in [0.1, 0.15) is 0 Å². The average Bonchev–Trinajstić information content (AvgIpc) is 3.19. The number of carbonyl (C=O) groups is 1. The van der Waals surface area contributed by atoms with Crippen LogP contribution in [0.4, 0.5) is 0 Å². The molecule has 3 aromatic rings. The highest BCUT2D eigenvalue weighted by Crippen LogP contribution is 2.24. The SMILES string of the molecule is CN(CC(=O)NC1CCS(=O)(=O)C1)Cn1c(=S)n(Cc2ccccc2)c2ccc(Cl)cc21. The first-order chi connectivity index (χ1) is 15.2. The number of amides is 1. The Balaban J connectivity index is 1.53. The van der Waals surface area contributed by atoms with Crippen molar-refractivity contribution in [2.75, 3.05) is 25.1 Å². The van der Waals surface area contributed by atoms with Crippen LogP contribution in [-0.4, -0.2) is 59.5 Å². The molecule has 0 spiro atoms. The summed E-state index contributed by atoms with van der Waals surface area (Å²) in [7, 11) is -1.21. The van der Waals surface area contributed by atoms with E-state index in [1.165, 1.54) is 0 Å². The van der Waals surface area contributed by atoms with E-state index < -0.39 is 9.84 Å². The topological polar surface area (TPSA) is 76.3 Å². The first kappa shape index (κ1) is 23.0. The lowest BCUT2D eigenvalue weighted by Gasteiger charge is -2.19. The maximum absolute atomic E-state index is 12.5. The zero-order valence-corrected chi connectivity index (χ0v) is 20.1. The highest BCUT2D eigenvalue weighted by Gasteiger charge is 2.29. The Morgan fingerprint density at radius 2 is 1.94 bits per heavy atom. The Morgan fingerprint density at radius 1 is 1.19 bits per heavy atom. The van der Waals surface area contributed by atoms with Crippen LogP contribution in [0.15, 0.2) is 48.5 Å². The molecule has 1 aliphatic heterocycles. The zero-order chi connectivity index (χ0) is 22.9. The molecule has 1 amide bonds. The Kier molecular flexibility index (Phi) is 6.71. The van der Waals surface area contributed by atoms with Gasteiger partial charge in [-0.15, -0.1) is 0 Å². The van der Waals surface area contributed by atoms with Gasteiger partial charge in [-0.25, -0.2) is 8.42 Å². The lowest BCUT2D eigenvalue weighted by Crippen LogP contribution is -2.41. The van der Waals surface area contributed by atoms with Crippen molar-refractivity contribution in [2.45, 2.75) is 25.7 Å². The van der Waals surface area contributed by atoms with Crippen molar-refractivity contribution in [1.29, 1.82) is 0 Å². The van der Waals surface area contributed by atoms with Gasteiger partial charge in [-0.05, 0) is 49.4 Å². The molecular weight excluding hydrogens is 468 g/mol. The molecule has 2 heterocycles. The number of nitrogens with one attached hydrogen (secondary N) is 1. The predicted molar refractivity (Wildman–Crippen MR) is 129 cm³/mol. The minimum Gasteiger partial charge on any atom is -0.351 e. The molecule has 1 unspecified atom stereocenters. The first-order valence-electron chi connectivity index (χ1n) is 10.3. The highest BCUT2D eigenvalue weighted by molar-refractivity contribution is 7.91. The van der Waals surface area contributed by atoms with E-state index in [0.29, 0.717) is 29.4 Å². The Bertz CT molecular complexity index is 1300. The molecule has 7 nitrogen and oxygen atoms in total. The van der Waals surface area contributed by atoms with E-state index in [1.807, 2.05) is 52.9 Å². The number of hydrogen-bond donors (Lipinski definition) is 1. The van der Waals surface area contributed by atoms with E-state index in [2.05, 4.69) is 22.0 Å². The van der Waals surface area contributed by atoms with Gasteiger partial charge in [0.25, 0.3) is 0 Å². The van der Waals surface area contributed by atoms with Crippen molar-refractivity contribution in [3.05, 3.63) is 63.9 Å². The normalized spacial score (nSPS) is 17.8. The summed E-state index contributed by atoms with van der Waals surface area (Å²) >= 11 is 12.1. The Hall–Kier alpha value is -2.20. The van der Waals surface area contributed by atoms with E-state index in [0.717, 1.165) is 16.6 Å². The summed E-state index contributed by atoms with van der Waals surface area (Å²) in [5.74, 6) is -0.0592. The molecule has 1 fully saturated rings. The smallest absolute Gasteiger partial charge is 0.234 e. The van der Waals surface area contributed by atoms with E-state index in [1.54, 1.807) is 0 Å². The number of halogens is 1. The molecule has 0 radical (unpaired) electrons. The summed E-state index contributed by atoms with van der Waals surface area (Å²) in [4.78, 5) is 14.3. The van der Waals surface area contributed by atoms with Crippen molar-refractivity contribution < 1.29 is 13.2 Å². The quantitative estimate of drug-likeness (QED) is 0.513. The van der Waals surface area contributed by atoms with Crippen LogP contribution in [-0.2, 0) is 27.8 Å². The lowest BCUT2D eigenvalue weighted by atomic mass is 10.2. The van der Waals surface area contributed by atoms with Crippen molar-refractivity contribution in [2.24, 2.45) is 0 Å². The molecule has 1 aliphatic rings. The molecule has 32 heavy (non-hydrogen) atoms. The number of carbonyl (C=O) groups excluding carboxylic acids is 1. The molecule has 0 aliphatic carbocycles. The number of rotatable bonds is 7. The molecule has 1 saturated heterocycles. The minimum absolute atomic E-state index is 0.0129. The van der Waals surface area contributed by atoms with Gasteiger partial charge >= 0.3 is 0 Å². The maximum atomic E-state index is 12.5. The third-order valence-corrected chi connectivity index (χ3v) is 8.00. The van der Waals surface area contributed by atoms with Crippen molar-refractivity contribution in [3.63, 3.8) is 0 Å². The Labute approximate surface area is 197 Å². The van der Waals surface area contributed by atoms with Crippen molar-refractivity contribution >= 4 is 50.6 Å². The summed E-state index contributed by atoms with van der Waals surface area (Å²) in [6.07, 6.45) is 0.467. The van der Waals surface area contributed by atoms with Crippen molar-refractivity contribution in [3.8, 4) is 0 Å². The van der Waals surface area contributed by atoms with Gasteiger partial charge in [-0.2, -0.15) is 0 Å². The van der Waals surface area contributed by atoms with Gasteiger partial charge in [0, 0.05) is 11.1 Å². The van der Waals surface area contributed by atoms with Gasteiger partial charge < -0.3 is 14.5 Å². The number of imidazole rings is 1. The third kappa shape index (κ3) is 5.23. The number of sulfone groups is 1. The van der Waals surface area contributed by atoms with Crippen LogP contribution in [0.3, 0.4) is 0 Å². The number of hydrogen-bond acceptors (Lipinski definition) is 5. The average molecular weight is 493 g/mol. The fourth-order valence-corrected chi connectivity index (χ4v) is 6.23. The second kappa shape index (κ2) is 9.35. The van der Waals surface area contributed by atoms with E-state index in [-0.39, 0.29) is 30.0 Å². The molecular formula is C22H25ClN4O3S2. The molecule has 170 valence electrons. The third-order valence-electron chi connectivity index (χ3n) is 5.56. The second-order valence-electron chi connectivity index (χ2n) is 8.24. The monoisotopic (exact) mass is 492 g/mol. The molecule has 0 saturated carbocycles. The molecule has 1 N–H and O–H groups in total. The van der Waals surface area contributed by atoms with Crippen LogP contribution in [0.2, 0.25) is 5.02 Å². The van der Waals surface area contributed by atoms with Gasteiger partial charge in [0.15, 0.2) is 14.6 Å². The number of likely N-dealkylation sites (N-methyl/N-ethyl adjacent to an activating group) is 1. The Morgan fingerprint density at radius 3 is 2.62 bits per heavy atom. The van der Waals surface area contributed by atoms with Gasteiger partial charge in [-0.3, -0.25) is 9.69 Å². The van der Waals surface area contributed by atoms with Crippen LogP contribution in [0.5, 0.6) is 0 Å². The standard InChI is InChI=1S/C22H25ClN4O3S2/c1-25(13-21(28)24-18-9-10-32(29,30)14-18)15-27-20-11-17(23)7-8-19(20)26(22(27)31)12-16-5-3-2-4-6-16/h2-8,11,18H,9-10,12-15H2,1H3,(H,24,28). The summed E-state index contributed by atoms with van der Waals surface area (Å²) in [5.41, 5.74) is 3.00. The maximum Gasteiger partial charge on any atom is 0.234 e. The van der Waals surface area contributed by atoms with Gasteiger partial charge in [-0.1, -0.05) is 41.9 Å². The highest BCUT2D eigenvalue weighted by atomic mass is 35.5. The number of benzene rings is 2. The lowest BCUT2D eigenvalue weighted by molar-refractivity contribution is -0.122. The number of nitrogens with zero attached hydrogens (tertiary/aromatic N) is 3. The minimum atomic E-state index is -3.04.